The van der Waals surface area contributed by atoms with E-state index in [1.54, 1.807) is 31.2 Å². The second kappa shape index (κ2) is 10.9. The van der Waals surface area contributed by atoms with Crippen LogP contribution in [0.25, 0.3) is 22.7 Å². The van der Waals surface area contributed by atoms with Crippen molar-refractivity contribution in [1.82, 2.24) is 9.97 Å². The summed E-state index contributed by atoms with van der Waals surface area (Å²) in [7, 11) is 0. The maximum absolute atomic E-state index is 13.8. The zero-order chi connectivity index (χ0) is 26.5. The highest BCUT2D eigenvalue weighted by Crippen LogP contribution is 2.30. The van der Waals surface area contributed by atoms with Crippen LogP contribution in [-0.4, -0.2) is 29.1 Å². The largest absolute Gasteiger partial charge is 0.490 e. The van der Waals surface area contributed by atoms with E-state index in [0.29, 0.717) is 41.1 Å². The van der Waals surface area contributed by atoms with E-state index in [4.69, 9.17) is 9.47 Å². The molecule has 1 amide bonds. The van der Waals surface area contributed by atoms with E-state index < -0.39 is 24.1 Å². The molecule has 4 aromatic rings. The number of carbonyl (C=O) groups is 1. The van der Waals surface area contributed by atoms with Gasteiger partial charge >= 0.3 is 0 Å². The number of aromatic nitrogens is 2. The molecule has 0 spiro atoms. The molecule has 37 heavy (non-hydrogen) atoms. The number of halogens is 2. The molecule has 0 aliphatic carbocycles. The molecule has 0 fully saturated rings. The van der Waals surface area contributed by atoms with Crippen LogP contribution in [-0.2, 0) is 4.79 Å². The lowest BCUT2D eigenvalue weighted by Crippen LogP contribution is -2.21. The first kappa shape index (κ1) is 25.4. The molecule has 0 saturated heterocycles. The minimum absolute atomic E-state index is 0.152. The van der Waals surface area contributed by atoms with Crippen molar-refractivity contribution in [2.45, 2.75) is 20.8 Å². The summed E-state index contributed by atoms with van der Waals surface area (Å²) in [5.41, 5.74) is 4.70. The summed E-state index contributed by atoms with van der Waals surface area (Å²) < 4.78 is 38.1. The number of allylic oxidation sites excluding steroid dienone is 1. The third kappa shape index (κ3) is 5.93. The number of amides is 1. The number of hydrogen-bond donors (Lipinski definition) is 2. The molecule has 0 bridgehead atoms. The van der Waals surface area contributed by atoms with Gasteiger partial charge in [0.05, 0.1) is 28.9 Å². The number of aromatic amines is 1. The quantitative estimate of drug-likeness (QED) is 0.291. The van der Waals surface area contributed by atoms with Gasteiger partial charge in [0.15, 0.2) is 18.1 Å². The smallest absolute Gasteiger partial charge is 0.262 e. The molecular weight excluding hydrogens is 478 g/mol. The number of ether oxygens (including phenoxy) is 2. The molecule has 2 N–H and O–H groups in total. The number of rotatable bonds is 8. The number of fused-ring (bicyclic) bond motifs is 1. The summed E-state index contributed by atoms with van der Waals surface area (Å²) in [6.07, 6.45) is 1.67. The molecule has 1 aromatic heterocycles. The minimum atomic E-state index is -0.887. The lowest BCUT2D eigenvalue weighted by atomic mass is 10.1. The normalized spacial score (nSPS) is 11.3. The molecule has 0 atom stereocenters. The predicted octanol–water partition coefficient (Wildman–Crippen LogP) is 5.94. The number of hydrogen-bond acceptors (Lipinski definition) is 5. The highest BCUT2D eigenvalue weighted by molar-refractivity contribution is 5.92. The Labute approximate surface area is 212 Å². The van der Waals surface area contributed by atoms with Crippen molar-refractivity contribution in [3.05, 3.63) is 82.7 Å². The Morgan fingerprint density at radius 3 is 2.59 bits per heavy atom. The molecule has 0 aliphatic heterocycles. The summed E-state index contributed by atoms with van der Waals surface area (Å²) in [6.45, 7) is 5.74. The predicted molar refractivity (Wildman–Crippen MR) is 137 cm³/mol. The summed E-state index contributed by atoms with van der Waals surface area (Å²) in [6, 6.07) is 14.0. The zero-order valence-corrected chi connectivity index (χ0v) is 20.5. The van der Waals surface area contributed by atoms with Gasteiger partial charge in [-0.05, 0) is 79.9 Å². The van der Waals surface area contributed by atoms with Crippen LogP contribution in [0.4, 0.5) is 14.5 Å². The van der Waals surface area contributed by atoms with Crippen LogP contribution in [0.15, 0.2) is 48.5 Å². The van der Waals surface area contributed by atoms with Crippen molar-refractivity contribution in [1.29, 1.82) is 5.26 Å². The van der Waals surface area contributed by atoms with Gasteiger partial charge in [-0.1, -0.05) is 6.07 Å². The Morgan fingerprint density at radius 2 is 1.86 bits per heavy atom. The minimum Gasteiger partial charge on any atom is -0.490 e. The molecule has 0 unspecified atom stereocenters. The third-order valence-electron chi connectivity index (χ3n) is 5.62. The fraction of sp³-hybridized carbons (Fsp3) is 0.179. The molecule has 0 radical (unpaired) electrons. The monoisotopic (exact) mass is 502 g/mol. The lowest BCUT2D eigenvalue weighted by molar-refractivity contribution is -0.118. The van der Waals surface area contributed by atoms with Crippen LogP contribution in [0.2, 0.25) is 0 Å². The number of anilines is 1. The standard InChI is InChI=1S/C28H24F2N4O3/c1-4-36-26-12-18(11-19(14-31)28-33-23-9-16(2)17(3)10-24(23)34-28)5-8-25(26)37-15-27(35)32-22-7-6-20(29)13-21(22)30/h5-13H,4,15H2,1-3H3,(H,32,35)(H,33,34)/b19-11+. The van der Waals surface area contributed by atoms with Gasteiger partial charge < -0.3 is 19.8 Å². The second-order valence-electron chi connectivity index (χ2n) is 8.31. The second-order valence-corrected chi connectivity index (χ2v) is 8.31. The number of carbonyl (C=O) groups excluding carboxylic acids is 1. The average Bonchev–Trinajstić information content (AvgIpc) is 3.26. The average molecular weight is 503 g/mol. The molecule has 0 saturated carbocycles. The first-order valence-corrected chi connectivity index (χ1v) is 11.5. The first-order chi connectivity index (χ1) is 17.8. The number of H-pyrrole nitrogens is 1. The number of nitrogens with one attached hydrogen (secondary N) is 2. The summed E-state index contributed by atoms with van der Waals surface area (Å²) in [5.74, 6) is -1.15. The van der Waals surface area contributed by atoms with Gasteiger partial charge in [-0.15, -0.1) is 0 Å². The summed E-state index contributed by atoms with van der Waals surface area (Å²) in [4.78, 5) is 20.0. The van der Waals surface area contributed by atoms with Crippen molar-refractivity contribution < 1.29 is 23.0 Å². The summed E-state index contributed by atoms with van der Waals surface area (Å²) >= 11 is 0. The fourth-order valence-electron chi connectivity index (χ4n) is 3.64. The van der Waals surface area contributed by atoms with E-state index in [2.05, 4.69) is 21.4 Å². The van der Waals surface area contributed by atoms with Gasteiger partial charge in [-0.25, -0.2) is 13.8 Å². The fourth-order valence-corrected chi connectivity index (χ4v) is 3.64. The molecule has 9 heteroatoms. The van der Waals surface area contributed by atoms with Crippen LogP contribution in [0, 0.1) is 36.8 Å². The van der Waals surface area contributed by atoms with Gasteiger partial charge in [0.1, 0.15) is 23.5 Å². The number of nitrogens with zero attached hydrogens (tertiary/aromatic N) is 2. The van der Waals surface area contributed by atoms with Gasteiger partial charge in [0.25, 0.3) is 5.91 Å². The van der Waals surface area contributed by atoms with Gasteiger partial charge in [0, 0.05) is 6.07 Å². The molecule has 3 aromatic carbocycles. The number of benzene rings is 3. The van der Waals surface area contributed by atoms with Crippen LogP contribution in [0.1, 0.15) is 29.4 Å². The van der Waals surface area contributed by atoms with Crippen molar-refractivity contribution in [3.63, 3.8) is 0 Å². The van der Waals surface area contributed by atoms with E-state index in [-0.39, 0.29) is 5.69 Å². The lowest BCUT2D eigenvalue weighted by Gasteiger charge is -2.13. The number of aryl methyl sites for hydroxylation is 2. The van der Waals surface area contributed by atoms with Crippen molar-refractivity contribution in [3.8, 4) is 17.6 Å². The van der Waals surface area contributed by atoms with Crippen LogP contribution >= 0.6 is 0 Å². The zero-order valence-electron chi connectivity index (χ0n) is 20.5. The van der Waals surface area contributed by atoms with E-state index in [0.717, 1.165) is 34.3 Å². The van der Waals surface area contributed by atoms with Gasteiger partial charge in [0.2, 0.25) is 0 Å². The molecule has 4 rings (SSSR count). The van der Waals surface area contributed by atoms with Gasteiger partial charge in [-0.3, -0.25) is 4.79 Å². The van der Waals surface area contributed by atoms with E-state index >= 15 is 0 Å². The number of imidazole rings is 1. The SMILES string of the molecule is CCOc1cc(/C=C(\C#N)c2nc3cc(C)c(C)cc3[nH]2)ccc1OCC(=O)Nc1ccc(F)cc1F. The Morgan fingerprint density at radius 1 is 1.08 bits per heavy atom. The van der Waals surface area contributed by atoms with E-state index in [1.165, 1.54) is 0 Å². The van der Waals surface area contributed by atoms with Crippen LogP contribution in [0.5, 0.6) is 11.5 Å². The maximum atomic E-state index is 13.8. The Balaban J connectivity index is 1.53. The molecule has 7 nitrogen and oxygen atoms in total. The van der Waals surface area contributed by atoms with Crippen LogP contribution in [0.3, 0.4) is 0 Å². The molecule has 0 aliphatic rings. The third-order valence-corrected chi connectivity index (χ3v) is 5.62. The highest BCUT2D eigenvalue weighted by Gasteiger charge is 2.13. The Hall–Kier alpha value is -4.71. The van der Waals surface area contributed by atoms with E-state index in [9.17, 15) is 18.8 Å². The van der Waals surface area contributed by atoms with Crippen LogP contribution < -0.4 is 14.8 Å². The summed E-state index contributed by atoms with van der Waals surface area (Å²) in [5, 5.41) is 12.1. The maximum Gasteiger partial charge on any atom is 0.262 e. The molecular formula is C28H24F2N4O3. The van der Waals surface area contributed by atoms with E-state index in [1.807, 2.05) is 26.0 Å². The van der Waals surface area contributed by atoms with Crippen molar-refractivity contribution in [2.75, 3.05) is 18.5 Å². The molecule has 188 valence electrons. The van der Waals surface area contributed by atoms with Crippen molar-refractivity contribution in [2.24, 2.45) is 0 Å². The highest BCUT2D eigenvalue weighted by atomic mass is 19.1. The number of nitriles is 1. The Bertz CT molecular complexity index is 1510. The van der Waals surface area contributed by atoms with Crippen molar-refractivity contribution >= 4 is 34.3 Å². The molecule has 1 heterocycles. The van der Waals surface area contributed by atoms with Gasteiger partial charge in [-0.2, -0.15) is 5.26 Å². The topological polar surface area (TPSA) is 100 Å². The first-order valence-electron chi connectivity index (χ1n) is 11.5. The Kier molecular flexibility index (Phi) is 7.49.